The molecule has 0 bridgehead atoms. The zero-order chi connectivity index (χ0) is 12.3. The molecule has 17 heavy (non-hydrogen) atoms. The molecule has 0 heterocycles. The van der Waals surface area contributed by atoms with E-state index in [1.807, 2.05) is 25.1 Å². The molecule has 1 aromatic carbocycles. The van der Waals surface area contributed by atoms with Crippen LogP contribution in [0.4, 0.5) is 0 Å². The number of halogens is 1. The molecule has 0 radical (unpaired) electrons. The van der Waals surface area contributed by atoms with Crippen molar-refractivity contribution in [2.24, 2.45) is 11.7 Å². The monoisotopic (exact) mass is 253 g/mol. The maximum absolute atomic E-state index is 6.04. The van der Waals surface area contributed by atoms with Crippen molar-refractivity contribution in [3.63, 3.8) is 0 Å². The first kappa shape index (κ1) is 12.7. The molecular weight excluding hydrogens is 234 g/mol. The maximum atomic E-state index is 6.04. The van der Waals surface area contributed by atoms with Gasteiger partial charge in [-0.2, -0.15) is 0 Å². The first-order valence-electron chi connectivity index (χ1n) is 6.31. The summed E-state index contributed by atoms with van der Waals surface area (Å²) in [6, 6.07) is 6.13. The second kappa shape index (κ2) is 5.74. The van der Waals surface area contributed by atoms with E-state index >= 15 is 0 Å². The molecule has 0 spiro atoms. The molecule has 1 fully saturated rings. The van der Waals surface area contributed by atoms with Crippen LogP contribution >= 0.6 is 11.6 Å². The number of nitrogens with two attached hydrogens (primary N) is 1. The summed E-state index contributed by atoms with van der Waals surface area (Å²) in [7, 11) is 0. The van der Waals surface area contributed by atoms with Crippen molar-refractivity contribution in [3.8, 4) is 5.75 Å². The highest BCUT2D eigenvalue weighted by atomic mass is 35.5. The molecule has 0 aliphatic heterocycles. The number of ether oxygens (including phenoxy) is 1. The van der Waals surface area contributed by atoms with Crippen molar-refractivity contribution >= 4 is 11.6 Å². The van der Waals surface area contributed by atoms with Crippen LogP contribution in [0.2, 0.25) is 5.02 Å². The molecule has 3 heteroatoms. The van der Waals surface area contributed by atoms with Crippen LogP contribution in [0.5, 0.6) is 5.75 Å². The van der Waals surface area contributed by atoms with Gasteiger partial charge in [-0.25, -0.2) is 0 Å². The van der Waals surface area contributed by atoms with E-state index in [1.54, 1.807) is 0 Å². The van der Waals surface area contributed by atoms with Crippen molar-refractivity contribution in [2.45, 2.75) is 38.6 Å². The third-order valence-electron chi connectivity index (χ3n) is 3.61. The topological polar surface area (TPSA) is 35.2 Å². The van der Waals surface area contributed by atoms with Crippen molar-refractivity contribution in [3.05, 3.63) is 28.8 Å². The van der Waals surface area contributed by atoms with Crippen LogP contribution in [-0.4, -0.2) is 12.6 Å². The molecule has 1 aliphatic rings. The van der Waals surface area contributed by atoms with E-state index in [-0.39, 0.29) is 0 Å². The molecule has 1 aromatic rings. The molecule has 2 unspecified atom stereocenters. The van der Waals surface area contributed by atoms with Gasteiger partial charge in [-0.05, 0) is 49.8 Å². The number of hydrogen-bond donors (Lipinski definition) is 1. The van der Waals surface area contributed by atoms with Gasteiger partial charge >= 0.3 is 0 Å². The standard InChI is InChI=1S/C14H20ClNO/c1-10-5-6-12(15)9-14(10)17-8-7-11-3-2-4-13(11)16/h5-6,9,11,13H,2-4,7-8,16H2,1H3. The summed E-state index contributed by atoms with van der Waals surface area (Å²) < 4.78 is 5.79. The summed E-state index contributed by atoms with van der Waals surface area (Å²) in [6.45, 7) is 2.77. The van der Waals surface area contributed by atoms with E-state index in [0.29, 0.717) is 12.0 Å². The smallest absolute Gasteiger partial charge is 0.123 e. The average molecular weight is 254 g/mol. The fourth-order valence-electron chi connectivity index (χ4n) is 2.47. The van der Waals surface area contributed by atoms with Crippen LogP contribution < -0.4 is 10.5 Å². The van der Waals surface area contributed by atoms with E-state index < -0.39 is 0 Å². The minimum absolute atomic E-state index is 0.374. The summed E-state index contributed by atoms with van der Waals surface area (Å²) in [5.41, 5.74) is 7.17. The largest absolute Gasteiger partial charge is 0.493 e. The molecule has 94 valence electrons. The third-order valence-corrected chi connectivity index (χ3v) is 3.85. The van der Waals surface area contributed by atoms with E-state index in [1.165, 1.54) is 19.3 Å². The van der Waals surface area contributed by atoms with Crippen LogP contribution in [0, 0.1) is 12.8 Å². The zero-order valence-electron chi connectivity index (χ0n) is 10.3. The van der Waals surface area contributed by atoms with Gasteiger partial charge in [-0.1, -0.05) is 24.1 Å². The molecule has 0 aromatic heterocycles. The Kier molecular flexibility index (Phi) is 4.30. The number of benzene rings is 1. The summed E-state index contributed by atoms with van der Waals surface area (Å²) in [5, 5.41) is 0.725. The van der Waals surface area contributed by atoms with Gasteiger partial charge in [0.05, 0.1) is 6.61 Å². The van der Waals surface area contributed by atoms with Crippen molar-refractivity contribution in [1.29, 1.82) is 0 Å². The minimum atomic E-state index is 0.374. The van der Waals surface area contributed by atoms with Crippen molar-refractivity contribution in [2.75, 3.05) is 6.61 Å². The highest BCUT2D eigenvalue weighted by molar-refractivity contribution is 6.30. The normalized spacial score (nSPS) is 23.9. The van der Waals surface area contributed by atoms with Crippen LogP contribution in [0.3, 0.4) is 0 Å². The quantitative estimate of drug-likeness (QED) is 0.891. The van der Waals surface area contributed by atoms with Gasteiger partial charge in [0, 0.05) is 11.1 Å². The summed E-state index contributed by atoms with van der Waals surface area (Å²) in [4.78, 5) is 0. The Morgan fingerprint density at radius 1 is 1.41 bits per heavy atom. The Balaban J connectivity index is 1.83. The Morgan fingerprint density at radius 3 is 2.94 bits per heavy atom. The first-order valence-corrected chi connectivity index (χ1v) is 6.69. The predicted molar refractivity (Wildman–Crippen MR) is 71.6 cm³/mol. The van der Waals surface area contributed by atoms with Gasteiger partial charge < -0.3 is 10.5 Å². The Hall–Kier alpha value is -0.730. The van der Waals surface area contributed by atoms with Gasteiger partial charge in [-0.15, -0.1) is 0 Å². The first-order chi connectivity index (χ1) is 8.16. The lowest BCUT2D eigenvalue weighted by molar-refractivity contribution is 0.269. The SMILES string of the molecule is Cc1ccc(Cl)cc1OCCC1CCCC1N. The number of rotatable bonds is 4. The minimum Gasteiger partial charge on any atom is -0.493 e. The highest BCUT2D eigenvalue weighted by Crippen LogP contribution is 2.28. The molecule has 0 saturated heterocycles. The van der Waals surface area contributed by atoms with E-state index in [9.17, 15) is 0 Å². The fraction of sp³-hybridized carbons (Fsp3) is 0.571. The van der Waals surface area contributed by atoms with Crippen LogP contribution in [0.1, 0.15) is 31.2 Å². The molecule has 2 rings (SSSR count). The third kappa shape index (κ3) is 3.36. The highest BCUT2D eigenvalue weighted by Gasteiger charge is 2.23. The van der Waals surface area contributed by atoms with Gasteiger partial charge in [0.2, 0.25) is 0 Å². The lowest BCUT2D eigenvalue weighted by Gasteiger charge is -2.16. The van der Waals surface area contributed by atoms with E-state index in [4.69, 9.17) is 22.1 Å². The Morgan fingerprint density at radius 2 is 2.24 bits per heavy atom. The van der Waals surface area contributed by atoms with Crippen molar-refractivity contribution in [1.82, 2.24) is 0 Å². The van der Waals surface area contributed by atoms with E-state index in [2.05, 4.69) is 0 Å². The maximum Gasteiger partial charge on any atom is 0.123 e. The van der Waals surface area contributed by atoms with Crippen LogP contribution in [0.15, 0.2) is 18.2 Å². The fourth-order valence-corrected chi connectivity index (χ4v) is 2.64. The second-order valence-corrected chi connectivity index (χ2v) is 5.34. The van der Waals surface area contributed by atoms with Crippen molar-refractivity contribution < 1.29 is 4.74 Å². The van der Waals surface area contributed by atoms with Gasteiger partial charge in [0.1, 0.15) is 5.75 Å². The molecule has 2 nitrogen and oxygen atoms in total. The predicted octanol–water partition coefficient (Wildman–Crippen LogP) is 3.54. The van der Waals surface area contributed by atoms with Gasteiger partial charge in [-0.3, -0.25) is 0 Å². The molecule has 0 amide bonds. The molecule has 2 atom stereocenters. The zero-order valence-corrected chi connectivity index (χ0v) is 11.0. The second-order valence-electron chi connectivity index (χ2n) is 4.90. The number of hydrogen-bond acceptors (Lipinski definition) is 2. The van der Waals surface area contributed by atoms with Gasteiger partial charge in [0.15, 0.2) is 0 Å². The van der Waals surface area contributed by atoms with E-state index in [0.717, 1.165) is 29.4 Å². The average Bonchev–Trinajstić information content (AvgIpc) is 2.70. The Labute approximate surface area is 108 Å². The molecule has 1 aliphatic carbocycles. The summed E-state index contributed by atoms with van der Waals surface area (Å²) >= 11 is 5.95. The number of aryl methyl sites for hydroxylation is 1. The van der Waals surface area contributed by atoms with Crippen LogP contribution in [-0.2, 0) is 0 Å². The lowest BCUT2D eigenvalue weighted by Crippen LogP contribution is -2.25. The molecule has 1 saturated carbocycles. The summed E-state index contributed by atoms with van der Waals surface area (Å²) in [5.74, 6) is 1.53. The Bertz CT molecular complexity index is 380. The molecule has 2 N–H and O–H groups in total. The van der Waals surface area contributed by atoms with Crippen LogP contribution in [0.25, 0.3) is 0 Å². The summed E-state index contributed by atoms with van der Waals surface area (Å²) in [6.07, 6.45) is 4.73. The van der Waals surface area contributed by atoms with Gasteiger partial charge in [0.25, 0.3) is 0 Å². The molecular formula is C14H20ClNO. The lowest BCUT2D eigenvalue weighted by atomic mass is 10.0.